The van der Waals surface area contributed by atoms with Crippen LogP contribution in [-0.4, -0.2) is 40.3 Å². The first-order valence-corrected chi connectivity index (χ1v) is 6.28. The maximum absolute atomic E-state index is 5.16. The van der Waals surface area contributed by atoms with Crippen molar-refractivity contribution in [2.24, 2.45) is 0 Å². The molecule has 2 aromatic heterocycles. The van der Waals surface area contributed by atoms with E-state index < -0.39 is 0 Å². The monoisotopic (exact) mass is 269 g/mol. The third kappa shape index (κ3) is 3.23. The van der Waals surface area contributed by atoms with Crippen LogP contribution < -0.4 is 4.90 Å². The van der Waals surface area contributed by atoms with Crippen LogP contribution in [-0.2, 0) is 17.7 Å². The molecule has 2 heterocycles. The summed E-state index contributed by atoms with van der Waals surface area (Å²) in [6.45, 7) is 2.97. The number of hydrogen-bond acceptors (Lipinski definition) is 8. The molecular formula is C10H15N5O2S. The molecule has 8 heteroatoms. The molecule has 0 unspecified atom stereocenters. The lowest BCUT2D eigenvalue weighted by Crippen LogP contribution is -2.16. The minimum atomic E-state index is 0.522. The maximum atomic E-state index is 5.16. The molecular weight excluding hydrogens is 254 g/mol. The molecule has 0 saturated heterocycles. The average molecular weight is 269 g/mol. The van der Waals surface area contributed by atoms with Gasteiger partial charge in [0.25, 0.3) is 0 Å². The number of hydrogen-bond donors (Lipinski definition) is 0. The lowest BCUT2D eigenvalue weighted by molar-refractivity contribution is 0.199. The fourth-order valence-electron chi connectivity index (χ4n) is 1.36. The molecule has 0 aliphatic carbocycles. The Morgan fingerprint density at radius 2 is 2.22 bits per heavy atom. The van der Waals surface area contributed by atoms with Crippen molar-refractivity contribution < 1.29 is 9.26 Å². The molecule has 2 rings (SSSR count). The second-order valence-corrected chi connectivity index (χ2v) is 4.56. The number of ether oxygens (including phenoxy) is 1. The summed E-state index contributed by atoms with van der Waals surface area (Å²) >= 11 is 1.35. The van der Waals surface area contributed by atoms with Crippen molar-refractivity contribution in [2.45, 2.75) is 19.9 Å². The van der Waals surface area contributed by atoms with Gasteiger partial charge in [0.2, 0.25) is 11.0 Å². The van der Waals surface area contributed by atoms with Gasteiger partial charge in [0.05, 0.1) is 13.2 Å². The van der Waals surface area contributed by atoms with Crippen LogP contribution in [0.4, 0.5) is 5.13 Å². The van der Waals surface area contributed by atoms with E-state index in [2.05, 4.69) is 19.5 Å². The van der Waals surface area contributed by atoms with Gasteiger partial charge in [-0.15, -0.1) is 0 Å². The summed E-state index contributed by atoms with van der Waals surface area (Å²) < 4.78 is 14.2. The van der Waals surface area contributed by atoms with Crippen LogP contribution in [0.15, 0.2) is 4.52 Å². The van der Waals surface area contributed by atoms with E-state index in [0.29, 0.717) is 31.3 Å². The third-order valence-corrected chi connectivity index (χ3v) is 3.18. The highest BCUT2D eigenvalue weighted by atomic mass is 32.1. The SMILES string of the molecule is COCCc1noc(CN(C)c2nc(C)ns2)n1. The number of methoxy groups -OCH3 is 1. The molecule has 0 N–H and O–H groups in total. The van der Waals surface area contributed by atoms with Gasteiger partial charge in [0.15, 0.2) is 5.82 Å². The zero-order chi connectivity index (χ0) is 13.0. The van der Waals surface area contributed by atoms with Gasteiger partial charge >= 0.3 is 0 Å². The van der Waals surface area contributed by atoms with Crippen LogP contribution in [0.25, 0.3) is 0 Å². The Kier molecular flexibility index (Phi) is 4.21. The average Bonchev–Trinajstić information content (AvgIpc) is 2.96. The fraction of sp³-hybridized carbons (Fsp3) is 0.600. The predicted molar refractivity (Wildman–Crippen MR) is 66.6 cm³/mol. The summed E-state index contributed by atoms with van der Waals surface area (Å²) in [6.07, 6.45) is 0.654. The Morgan fingerprint density at radius 1 is 1.39 bits per heavy atom. The minimum absolute atomic E-state index is 0.522. The largest absolute Gasteiger partial charge is 0.384 e. The minimum Gasteiger partial charge on any atom is -0.384 e. The quantitative estimate of drug-likeness (QED) is 0.775. The number of rotatable bonds is 6. The van der Waals surface area contributed by atoms with Gasteiger partial charge in [-0.05, 0) is 6.92 Å². The van der Waals surface area contributed by atoms with E-state index in [1.165, 1.54) is 11.5 Å². The molecule has 7 nitrogen and oxygen atoms in total. The summed E-state index contributed by atoms with van der Waals surface area (Å²) in [4.78, 5) is 10.5. The molecule has 0 aliphatic rings. The predicted octanol–water partition coefficient (Wildman–Crippen LogP) is 1.05. The van der Waals surface area contributed by atoms with Crippen LogP contribution in [0, 0.1) is 6.92 Å². The molecule has 0 aromatic carbocycles. The second-order valence-electron chi connectivity index (χ2n) is 3.83. The molecule has 2 aromatic rings. The number of anilines is 1. The number of nitrogens with zero attached hydrogens (tertiary/aromatic N) is 5. The van der Waals surface area contributed by atoms with E-state index in [-0.39, 0.29) is 0 Å². The van der Waals surface area contributed by atoms with Gasteiger partial charge in [-0.2, -0.15) is 9.36 Å². The van der Waals surface area contributed by atoms with E-state index in [1.54, 1.807) is 7.11 Å². The van der Waals surface area contributed by atoms with Crippen LogP contribution in [0.3, 0.4) is 0 Å². The van der Waals surface area contributed by atoms with E-state index in [0.717, 1.165) is 11.0 Å². The smallest absolute Gasteiger partial charge is 0.246 e. The fourth-order valence-corrected chi connectivity index (χ4v) is 1.99. The summed E-state index contributed by atoms with van der Waals surface area (Å²) in [5.74, 6) is 2.00. The Hall–Kier alpha value is -1.54. The Labute approximate surface area is 109 Å². The lowest BCUT2D eigenvalue weighted by Gasteiger charge is -2.11. The Morgan fingerprint density at radius 3 is 2.89 bits per heavy atom. The first-order chi connectivity index (χ1) is 8.69. The van der Waals surface area contributed by atoms with Crippen LogP contribution in [0.1, 0.15) is 17.5 Å². The van der Waals surface area contributed by atoms with E-state index >= 15 is 0 Å². The van der Waals surface area contributed by atoms with Crippen LogP contribution in [0.2, 0.25) is 0 Å². The molecule has 0 fully saturated rings. The highest BCUT2D eigenvalue weighted by Crippen LogP contribution is 2.17. The molecule has 0 bridgehead atoms. The molecule has 0 spiro atoms. The van der Waals surface area contributed by atoms with Gasteiger partial charge in [0.1, 0.15) is 5.82 Å². The second kappa shape index (κ2) is 5.87. The van der Waals surface area contributed by atoms with Crippen LogP contribution in [0.5, 0.6) is 0 Å². The number of aryl methyl sites for hydroxylation is 1. The highest BCUT2D eigenvalue weighted by Gasteiger charge is 2.12. The molecule has 0 amide bonds. The Balaban J connectivity index is 1.94. The van der Waals surface area contributed by atoms with Gasteiger partial charge in [-0.3, -0.25) is 0 Å². The van der Waals surface area contributed by atoms with Crippen molar-refractivity contribution in [2.75, 3.05) is 25.7 Å². The van der Waals surface area contributed by atoms with Crippen molar-refractivity contribution in [3.63, 3.8) is 0 Å². The summed E-state index contributed by atoms with van der Waals surface area (Å²) in [5.41, 5.74) is 0. The van der Waals surface area contributed by atoms with Crippen molar-refractivity contribution in [1.29, 1.82) is 0 Å². The molecule has 98 valence electrons. The topological polar surface area (TPSA) is 77.2 Å². The molecule has 18 heavy (non-hydrogen) atoms. The highest BCUT2D eigenvalue weighted by molar-refractivity contribution is 7.09. The first-order valence-electron chi connectivity index (χ1n) is 5.51. The van der Waals surface area contributed by atoms with Crippen LogP contribution >= 0.6 is 11.5 Å². The Bertz CT molecular complexity index is 498. The van der Waals surface area contributed by atoms with Gasteiger partial charge in [0, 0.05) is 32.1 Å². The van der Waals surface area contributed by atoms with Crippen molar-refractivity contribution in [1.82, 2.24) is 19.5 Å². The molecule has 0 saturated carbocycles. The maximum Gasteiger partial charge on any atom is 0.246 e. The molecule has 0 aliphatic heterocycles. The zero-order valence-corrected chi connectivity index (χ0v) is 11.4. The van der Waals surface area contributed by atoms with Crippen molar-refractivity contribution in [3.05, 3.63) is 17.5 Å². The number of aromatic nitrogens is 4. The van der Waals surface area contributed by atoms with Gasteiger partial charge in [-0.1, -0.05) is 5.16 Å². The van der Waals surface area contributed by atoms with Crippen molar-refractivity contribution in [3.8, 4) is 0 Å². The standard InChI is InChI=1S/C10H15N5O2S/c1-7-11-10(18-14-7)15(2)6-9-12-8(13-17-9)4-5-16-3/h4-6H2,1-3H3. The normalized spacial score (nSPS) is 10.8. The summed E-state index contributed by atoms with van der Waals surface area (Å²) in [5, 5.41) is 4.72. The summed E-state index contributed by atoms with van der Waals surface area (Å²) in [7, 11) is 3.56. The van der Waals surface area contributed by atoms with E-state index in [1.807, 2.05) is 18.9 Å². The van der Waals surface area contributed by atoms with Gasteiger partial charge in [-0.25, -0.2) is 4.98 Å². The van der Waals surface area contributed by atoms with Gasteiger partial charge < -0.3 is 14.2 Å². The lowest BCUT2D eigenvalue weighted by atomic mass is 10.4. The van der Waals surface area contributed by atoms with E-state index in [9.17, 15) is 0 Å². The molecule has 0 atom stereocenters. The first kappa shape index (κ1) is 12.9. The third-order valence-electron chi connectivity index (χ3n) is 2.26. The van der Waals surface area contributed by atoms with E-state index in [4.69, 9.17) is 9.26 Å². The molecule has 0 radical (unpaired) electrons. The summed E-state index contributed by atoms with van der Waals surface area (Å²) in [6, 6.07) is 0. The van der Waals surface area contributed by atoms with Crippen molar-refractivity contribution >= 4 is 16.7 Å². The zero-order valence-electron chi connectivity index (χ0n) is 10.6.